The van der Waals surface area contributed by atoms with Crippen molar-refractivity contribution in [2.75, 3.05) is 11.3 Å². The van der Waals surface area contributed by atoms with E-state index in [9.17, 15) is 12.8 Å². The lowest BCUT2D eigenvalue weighted by Gasteiger charge is -2.26. The molecule has 0 saturated carbocycles. The Bertz CT molecular complexity index is 1570. The molecular formula is C25H25ClFN7O4S. The van der Waals surface area contributed by atoms with E-state index in [-0.39, 0.29) is 30.3 Å². The minimum atomic E-state index is -4.16. The number of pyridine rings is 1. The molecule has 5 rings (SSSR count). The van der Waals surface area contributed by atoms with Crippen LogP contribution in [0.5, 0.6) is 5.75 Å². The van der Waals surface area contributed by atoms with Crippen molar-refractivity contribution >= 4 is 27.6 Å². The van der Waals surface area contributed by atoms with Crippen LogP contribution in [0, 0.1) is 5.82 Å². The predicted molar refractivity (Wildman–Crippen MR) is 141 cm³/mol. The van der Waals surface area contributed by atoms with E-state index in [2.05, 4.69) is 29.9 Å². The van der Waals surface area contributed by atoms with E-state index in [0.29, 0.717) is 16.3 Å². The van der Waals surface area contributed by atoms with E-state index >= 15 is 0 Å². The molecule has 1 aliphatic rings. The number of benzene rings is 1. The summed E-state index contributed by atoms with van der Waals surface area (Å²) in [4.78, 5) is 12.5. The third kappa shape index (κ3) is 5.56. The van der Waals surface area contributed by atoms with Gasteiger partial charge in [0.25, 0.3) is 0 Å². The zero-order valence-corrected chi connectivity index (χ0v) is 22.8. The minimum Gasteiger partial charge on any atom is -0.490 e. The third-order valence-corrected chi connectivity index (χ3v) is 8.01. The van der Waals surface area contributed by atoms with E-state index in [4.69, 9.17) is 21.1 Å². The Labute approximate surface area is 229 Å². The molecule has 1 aromatic carbocycles. The van der Waals surface area contributed by atoms with Gasteiger partial charge in [-0.05, 0) is 50.6 Å². The van der Waals surface area contributed by atoms with Crippen LogP contribution in [0.2, 0.25) is 5.02 Å². The fourth-order valence-electron chi connectivity index (χ4n) is 4.23. The maximum atomic E-state index is 14.2. The maximum Gasteiger partial charge on any atom is 0.240 e. The van der Waals surface area contributed by atoms with Crippen LogP contribution in [0.25, 0.3) is 11.4 Å². The van der Waals surface area contributed by atoms with Crippen LogP contribution in [-0.2, 0) is 14.8 Å². The van der Waals surface area contributed by atoms with Gasteiger partial charge in [0.1, 0.15) is 29.5 Å². The predicted octanol–water partition coefficient (Wildman–Crippen LogP) is 4.20. The second-order valence-electron chi connectivity index (χ2n) is 9.19. The zero-order valence-electron chi connectivity index (χ0n) is 21.2. The van der Waals surface area contributed by atoms with Gasteiger partial charge in [-0.3, -0.25) is 14.3 Å². The van der Waals surface area contributed by atoms with Gasteiger partial charge in [0, 0.05) is 24.8 Å². The maximum absolute atomic E-state index is 14.2. The molecular weight excluding hydrogens is 549 g/mol. The molecule has 0 fully saturated rings. The minimum absolute atomic E-state index is 0.0771. The van der Waals surface area contributed by atoms with E-state index < -0.39 is 33.2 Å². The van der Waals surface area contributed by atoms with Crippen LogP contribution in [0.15, 0.2) is 55.1 Å². The highest BCUT2D eigenvalue weighted by Gasteiger charge is 2.37. The number of anilines is 1. The monoisotopic (exact) mass is 573 g/mol. The molecule has 0 amide bonds. The smallest absolute Gasteiger partial charge is 0.240 e. The number of fused-ring (bicyclic) bond motifs is 3. The Hall–Kier alpha value is -3.68. The quantitative estimate of drug-likeness (QED) is 0.329. The number of rotatable bonds is 8. The lowest BCUT2D eigenvalue weighted by atomic mass is 10.1. The molecule has 0 bridgehead atoms. The molecule has 1 aliphatic heterocycles. The topological polar surface area (TPSA) is 134 Å². The molecule has 14 heteroatoms. The molecule has 2 unspecified atom stereocenters. The van der Waals surface area contributed by atoms with Gasteiger partial charge in [0.15, 0.2) is 11.6 Å². The van der Waals surface area contributed by atoms with Crippen molar-refractivity contribution < 1.29 is 22.3 Å². The SMILES string of the molecule is CC(C)OC(c1ncc(Cl)cn1)C(C)S(=O)(=O)Nc1nnc2n1[C@H](c1cccnc1)COc1ccc(F)cc1-2. The van der Waals surface area contributed by atoms with E-state index in [1.54, 1.807) is 36.9 Å². The van der Waals surface area contributed by atoms with Crippen molar-refractivity contribution in [3.63, 3.8) is 0 Å². The Morgan fingerprint density at radius 2 is 1.92 bits per heavy atom. The Kier molecular flexibility index (Phi) is 7.47. The molecule has 0 radical (unpaired) electrons. The molecule has 1 N–H and O–H groups in total. The first-order valence-electron chi connectivity index (χ1n) is 12.1. The van der Waals surface area contributed by atoms with Crippen molar-refractivity contribution in [1.29, 1.82) is 0 Å². The fraction of sp³-hybridized carbons (Fsp3) is 0.320. The van der Waals surface area contributed by atoms with E-state index in [1.165, 1.54) is 37.5 Å². The molecule has 0 aliphatic carbocycles. The number of nitrogens with zero attached hydrogens (tertiary/aromatic N) is 6. The molecule has 4 heterocycles. The number of nitrogens with one attached hydrogen (secondary N) is 1. The van der Waals surface area contributed by atoms with Crippen molar-refractivity contribution in [1.82, 2.24) is 29.7 Å². The highest BCUT2D eigenvalue weighted by Crippen LogP contribution is 2.39. The van der Waals surface area contributed by atoms with Crippen LogP contribution in [0.3, 0.4) is 0 Å². The number of ether oxygens (including phenoxy) is 2. The van der Waals surface area contributed by atoms with Gasteiger partial charge >= 0.3 is 0 Å². The average molecular weight is 574 g/mol. The molecule has 3 atom stereocenters. The largest absolute Gasteiger partial charge is 0.490 e. The van der Waals surface area contributed by atoms with Gasteiger partial charge in [-0.2, -0.15) is 0 Å². The molecule has 3 aromatic heterocycles. The summed E-state index contributed by atoms with van der Waals surface area (Å²) in [6.45, 7) is 5.14. The highest BCUT2D eigenvalue weighted by molar-refractivity contribution is 7.93. The van der Waals surface area contributed by atoms with Crippen LogP contribution in [0.4, 0.5) is 10.3 Å². The Balaban J connectivity index is 1.56. The van der Waals surface area contributed by atoms with Crippen LogP contribution >= 0.6 is 11.6 Å². The first-order chi connectivity index (χ1) is 18.6. The summed E-state index contributed by atoms with van der Waals surface area (Å²) in [6, 6.07) is 7.06. The summed E-state index contributed by atoms with van der Waals surface area (Å²) >= 11 is 5.92. The molecule has 11 nitrogen and oxygen atoms in total. The second kappa shape index (κ2) is 10.8. The van der Waals surface area contributed by atoms with Crippen LogP contribution in [0.1, 0.15) is 44.3 Å². The summed E-state index contributed by atoms with van der Waals surface area (Å²) in [6.07, 6.45) is 4.67. The summed E-state index contributed by atoms with van der Waals surface area (Å²) in [5.41, 5.74) is 1.05. The fourth-order valence-corrected chi connectivity index (χ4v) is 5.42. The number of hydrogen-bond donors (Lipinski definition) is 1. The normalized spacial score (nSPS) is 16.5. The first kappa shape index (κ1) is 26.9. The van der Waals surface area contributed by atoms with Crippen molar-refractivity contribution in [2.24, 2.45) is 0 Å². The number of sulfonamides is 1. The average Bonchev–Trinajstić information content (AvgIpc) is 3.23. The Morgan fingerprint density at radius 1 is 1.15 bits per heavy atom. The van der Waals surface area contributed by atoms with Crippen molar-refractivity contribution in [2.45, 2.75) is 44.3 Å². The lowest BCUT2D eigenvalue weighted by Crippen LogP contribution is -2.35. The summed E-state index contributed by atoms with van der Waals surface area (Å²) in [5.74, 6) is 0.213. The van der Waals surface area contributed by atoms with Gasteiger partial charge < -0.3 is 9.47 Å². The number of aromatic nitrogens is 6. The van der Waals surface area contributed by atoms with Gasteiger partial charge in [0.05, 0.1) is 22.7 Å². The Morgan fingerprint density at radius 3 is 2.62 bits per heavy atom. The summed E-state index contributed by atoms with van der Waals surface area (Å²) in [7, 11) is -4.16. The standard InChI is InChI=1S/C25H25ClFN7O4S/c1-14(2)38-22(23-29-11-17(26)12-30-23)15(3)39(35,36)33-25-32-31-24-19-9-18(27)6-7-21(19)37-13-20(34(24)25)16-5-4-8-28-10-16/h4-12,14-15,20,22H,13H2,1-3H3,(H,32,33)/t15?,20-,22?/m0/s1. The molecule has 204 valence electrons. The molecule has 0 spiro atoms. The van der Waals surface area contributed by atoms with Crippen LogP contribution in [-0.4, -0.2) is 56.1 Å². The van der Waals surface area contributed by atoms with E-state index in [1.807, 2.05) is 6.07 Å². The zero-order chi connectivity index (χ0) is 27.7. The molecule has 4 aromatic rings. The van der Waals surface area contributed by atoms with Crippen molar-refractivity contribution in [3.05, 3.63) is 77.3 Å². The molecule has 0 saturated heterocycles. The summed E-state index contributed by atoms with van der Waals surface area (Å²) < 4.78 is 57.7. The van der Waals surface area contributed by atoms with Gasteiger partial charge in [-0.1, -0.05) is 17.7 Å². The van der Waals surface area contributed by atoms with Crippen LogP contribution < -0.4 is 9.46 Å². The number of hydrogen-bond acceptors (Lipinski definition) is 9. The first-order valence-corrected chi connectivity index (χ1v) is 14.0. The van der Waals surface area contributed by atoms with Gasteiger partial charge in [0.2, 0.25) is 16.0 Å². The third-order valence-electron chi connectivity index (χ3n) is 6.12. The van der Waals surface area contributed by atoms with Gasteiger partial charge in [-0.25, -0.2) is 22.8 Å². The summed E-state index contributed by atoms with van der Waals surface area (Å²) in [5, 5.41) is 7.53. The lowest BCUT2D eigenvalue weighted by molar-refractivity contribution is 0.00154. The second-order valence-corrected chi connectivity index (χ2v) is 11.7. The van der Waals surface area contributed by atoms with Crippen molar-refractivity contribution in [3.8, 4) is 17.1 Å². The number of halogens is 2. The highest BCUT2D eigenvalue weighted by atomic mass is 35.5. The van der Waals surface area contributed by atoms with E-state index in [0.717, 1.165) is 5.56 Å². The van der Waals surface area contributed by atoms with Gasteiger partial charge in [-0.15, -0.1) is 10.2 Å². The molecule has 39 heavy (non-hydrogen) atoms.